The average Bonchev–Trinajstić information content (AvgIpc) is 2.85. The van der Waals surface area contributed by atoms with Crippen molar-refractivity contribution >= 4 is 49.6 Å². The van der Waals surface area contributed by atoms with Crippen LogP contribution in [-0.4, -0.2) is 11.0 Å². The summed E-state index contributed by atoms with van der Waals surface area (Å²) in [5.41, 5.74) is 0.712. The molecule has 1 aromatic heterocycles. The topological polar surface area (TPSA) is 49.3 Å². The lowest BCUT2D eigenvalue weighted by Gasteiger charge is -2.09. The van der Waals surface area contributed by atoms with Gasteiger partial charge >= 0.3 is 0 Å². The van der Waals surface area contributed by atoms with Crippen LogP contribution in [0.1, 0.15) is 4.88 Å². The maximum absolute atomic E-state index is 12.1. The molecule has 2 aromatic carbocycles. The van der Waals surface area contributed by atoms with Gasteiger partial charge in [0, 0.05) is 21.3 Å². The van der Waals surface area contributed by atoms with Gasteiger partial charge < -0.3 is 10.4 Å². The first kappa shape index (κ1) is 14.1. The van der Waals surface area contributed by atoms with Gasteiger partial charge in [0.25, 0.3) is 0 Å². The Hall–Kier alpha value is -1.85. The molecule has 2 N–H and O–H groups in total. The summed E-state index contributed by atoms with van der Waals surface area (Å²) in [6.45, 7) is 0. The number of anilines is 1. The van der Waals surface area contributed by atoms with Crippen molar-refractivity contribution in [2.24, 2.45) is 0 Å². The molecular formula is C16H12BrNO2S. The van der Waals surface area contributed by atoms with E-state index in [1.807, 2.05) is 36.4 Å². The van der Waals surface area contributed by atoms with Crippen LogP contribution in [0, 0.1) is 0 Å². The first-order valence-corrected chi connectivity index (χ1v) is 7.99. The van der Waals surface area contributed by atoms with Crippen molar-refractivity contribution in [3.8, 4) is 5.75 Å². The number of hydrogen-bond donors (Lipinski definition) is 2. The molecule has 3 aromatic rings. The second-order valence-electron chi connectivity index (χ2n) is 4.61. The van der Waals surface area contributed by atoms with Crippen molar-refractivity contribution in [1.82, 2.24) is 0 Å². The van der Waals surface area contributed by atoms with Crippen LogP contribution >= 0.6 is 27.3 Å². The number of halogens is 1. The van der Waals surface area contributed by atoms with Crippen LogP contribution in [0.2, 0.25) is 0 Å². The van der Waals surface area contributed by atoms with Crippen LogP contribution in [0.15, 0.2) is 52.3 Å². The minimum Gasteiger partial charge on any atom is -0.507 e. The van der Waals surface area contributed by atoms with Crippen molar-refractivity contribution in [2.75, 3.05) is 5.32 Å². The molecule has 0 spiro atoms. The highest BCUT2D eigenvalue weighted by Crippen LogP contribution is 2.30. The highest BCUT2D eigenvalue weighted by atomic mass is 79.9. The molecule has 0 saturated carbocycles. The van der Waals surface area contributed by atoms with Gasteiger partial charge in [-0.2, -0.15) is 0 Å². The predicted molar refractivity (Wildman–Crippen MR) is 90.0 cm³/mol. The van der Waals surface area contributed by atoms with E-state index in [1.165, 1.54) is 0 Å². The maximum atomic E-state index is 12.1. The molecular weight excluding hydrogens is 350 g/mol. The second kappa shape index (κ2) is 5.87. The van der Waals surface area contributed by atoms with E-state index in [1.54, 1.807) is 23.5 Å². The first-order chi connectivity index (χ1) is 10.1. The zero-order chi connectivity index (χ0) is 14.8. The number of hydrogen-bond acceptors (Lipinski definition) is 3. The molecule has 3 rings (SSSR count). The number of nitrogens with one attached hydrogen (secondary N) is 1. The molecule has 0 unspecified atom stereocenters. The number of fused-ring (bicyclic) bond motifs is 1. The quantitative estimate of drug-likeness (QED) is 0.718. The third-order valence-electron chi connectivity index (χ3n) is 3.14. The first-order valence-electron chi connectivity index (χ1n) is 6.38. The van der Waals surface area contributed by atoms with Crippen LogP contribution in [0.25, 0.3) is 10.8 Å². The summed E-state index contributed by atoms with van der Waals surface area (Å²) in [4.78, 5) is 13.1. The minimum atomic E-state index is -0.0693. The number of carbonyl (C=O) groups is 1. The predicted octanol–water partition coefficient (Wildman–Crippen LogP) is 4.55. The molecule has 0 aliphatic carbocycles. The Morgan fingerprint density at radius 3 is 2.62 bits per heavy atom. The number of phenols is 1. The lowest BCUT2D eigenvalue weighted by atomic mass is 10.1. The molecule has 106 valence electrons. The molecule has 5 heteroatoms. The summed E-state index contributed by atoms with van der Waals surface area (Å²) >= 11 is 4.94. The third kappa shape index (κ3) is 3.09. The number of thiophene rings is 1. The molecule has 0 aliphatic rings. The van der Waals surface area contributed by atoms with E-state index < -0.39 is 0 Å². The van der Waals surface area contributed by atoms with E-state index in [2.05, 4.69) is 21.2 Å². The van der Waals surface area contributed by atoms with Crippen LogP contribution in [0.5, 0.6) is 5.75 Å². The fourth-order valence-electron chi connectivity index (χ4n) is 2.20. The lowest BCUT2D eigenvalue weighted by Crippen LogP contribution is -2.13. The zero-order valence-corrected chi connectivity index (χ0v) is 13.4. The van der Waals surface area contributed by atoms with Crippen molar-refractivity contribution < 1.29 is 9.90 Å². The van der Waals surface area contributed by atoms with Crippen molar-refractivity contribution in [3.63, 3.8) is 0 Å². The van der Waals surface area contributed by atoms with Crippen LogP contribution in [0.4, 0.5) is 5.69 Å². The lowest BCUT2D eigenvalue weighted by molar-refractivity contribution is -0.115. The fourth-order valence-corrected chi connectivity index (χ4v) is 3.68. The van der Waals surface area contributed by atoms with E-state index in [0.29, 0.717) is 12.1 Å². The summed E-state index contributed by atoms with van der Waals surface area (Å²) in [5.74, 6) is 0.144. The molecule has 3 nitrogen and oxygen atoms in total. The Kier molecular flexibility index (Phi) is 3.94. The zero-order valence-electron chi connectivity index (χ0n) is 11.0. The molecule has 0 aliphatic heterocycles. The maximum Gasteiger partial charge on any atom is 0.229 e. The summed E-state index contributed by atoms with van der Waals surface area (Å²) in [7, 11) is 0. The van der Waals surface area contributed by atoms with Gasteiger partial charge in [0.2, 0.25) is 5.91 Å². The Labute approximate surface area is 134 Å². The van der Waals surface area contributed by atoms with Crippen molar-refractivity contribution in [2.45, 2.75) is 6.42 Å². The van der Waals surface area contributed by atoms with Gasteiger partial charge in [-0.3, -0.25) is 4.79 Å². The molecule has 0 atom stereocenters. The number of benzene rings is 2. The standard InChI is InChI=1S/C16H12BrNO2S/c17-15-8-7-10(21-15)9-16(20)18-13-5-1-4-12-11(13)3-2-6-14(12)19/h1-8,19H,9H2,(H,18,20). The number of aromatic hydroxyl groups is 1. The van der Waals surface area contributed by atoms with E-state index in [-0.39, 0.29) is 11.7 Å². The van der Waals surface area contributed by atoms with E-state index in [4.69, 9.17) is 0 Å². The van der Waals surface area contributed by atoms with Crippen LogP contribution in [-0.2, 0) is 11.2 Å². The molecule has 0 bridgehead atoms. The van der Waals surface area contributed by atoms with Gasteiger partial charge in [-0.05, 0) is 40.2 Å². The van der Waals surface area contributed by atoms with Gasteiger partial charge in [0.15, 0.2) is 0 Å². The highest BCUT2D eigenvalue weighted by molar-refractivity contribution is 9.11. The smallest absolute Gasteiger partial charge is 0.229 e. The minimum absolute atomic E-state index is 0.0693. The molecule has 21 heavy (non-hydrogen) atoms. The summed E-state index contributed by atoms with van der Waals surface area (Å²) in [5, 5.41) is 14.3. The number of phenolic OH excluding ortho intramolecular Hbond substituents is 1. The summed E-state index contributed by atoms with van der Waals surface area (Å²) < 4.78 is 1.01. The van der Waals surface area contributed by atoms with Gasteiger partial charge in [-0.1, -0.05) is 24.3 Å². The fraction of sp³-hybridized carbons (Fsp3) is 0.0625. The molecule has 0 radical (unpaired) electrons. The number of amides is 1. The van der Waals surface area contributed by atoms with Crippen molar-refractivity contribution in [3.05, 3.63) is 57.2 Å². The Morgan fingerprint density at radius 2 is 1.86 bits per heavy atom. The number of rotatable bonds is 3. The van der Waals surface area contributed by atoms with Gasteiger partial charge in [-0.25, -0.2) is 0 Å². The highest BCUT2D eigenvalue weighted by Gasteiger charge is 2.09. The van der Waals surface area contributed by atoms with Crippen LogP contribution in [0.3, 0.4) is 0 Å². The second-order valence-corrected chi connectivity index (χ2v) is 7.16. The Balaban J connectivity index is 1.84. The SMILES string of the molecule is O=C(Cc1ccc(Br)s1)Nc1cccc2c(O)cccc12. The Bertz CT molecular complexity index is 813. The largest absolute Gasteiger partial charge is 0.507 e. The van der Waals surface area contributed by atoms with Gasteiger partial charge in [0.05, 0.1) is 10.2 Å². The third-order valence-corrected chi connectivity index (χ3v) is 4.76. The van der Waals surface area contributed by atoms with E-state index in [0.717, 1.165) is 19.4 Å². The van der Waals surface area contributed by atoms with Gasteiger partial charge in [0.1, 0.15) is 5.75 Å². The van der Waals surface area contributed by atoms with Crippen molar-refractivity contribution in [1.29, 1.82) is 0 Å². The number of carbonyl (C=O) groups excluding carboxylic acids is 1. The summed E-state index contributed by atoms with van der Waals surface area (Å²) in [6, 6.07) is 14.6. The van der Waals surface area contributed by atoms with E-state index in [9.17, 15) is 9.90 Å². The van der Waals surface area contributed by atoms with Gasteiger partial charge in [-0.15, -0.1) is 11.3 Å². The van der Waals surface area contributed by atoms with Crippen LogP contribution < -0.4 is 5.32 Å². The van der Waals surface area contributed by atoms with E-state index >= 15 is 0 Å². The summed E-state index contributed by atoms with van der Waals surface area (Å²) in [6.07, 6.45) is 0.339. The molecule has 1 heterocycles. The molecule has 0 fully saturated rings. The Morgan fingerprint density at radius 1 is 1.10 bits per heavy atom. The molecule has 0 saturated heterocycles. The molecule has 1 amide bonds. The monoisotopic (exact) mass is 361 g/mol. The normalized spacial score (nSPS) is 10.7. The average molecular weight is 362 g/mol.